The van der Waals surface area contributed by atoms with E-state index >= 15 is 0 Å². The van der Waals surface area contributed by atoms with Crippen LogP contribution in [0, 0.1) is 5.82 Å². The van der Waals surface area contributed by atoms with E-state index in [1.165, 1.54) is 19.2 Å². The van der Waals surface area contributed by atoms with Gasteiger partial charge in [-0.1, -0.05) is 24.3 Å². The molecule has 2 heterocycles. The van der Waals surface area contributed by atoms with Gasteiger partial charge in [-0.15, -0.1) is 0 Å². The molecule has 5 rings (SSSR count). The Morgan fingerprint density at radius 1 is 0.905 bits per heavy atom. The first kappa shape index (κ1) is 29.8. The predicted octanol–water partition coefficient (Wildman–Crippen LogP) is 3.02. The first-order valence-electron chi connectivity index (χ1n) is 14.0. The van der Waals surface area contributed by atoms with Crippen molar-refractivity contribution in [2.24, 2.45) is 0 Å². The number of nitrogens with one attached hydrogen (secondary N) is 2. The first-order chi connectivity index (χ1) is 20.4. The molecule has 0 aromatic heterocycles. The van der Waals surface area contributed by atoms with Crippen LogP contribution in [0.15, 0.2) is 71.6 Å². The molecule has 224 valence electrons. The summed E-state index contributed by atoms with van der Waals surface area (Å²) in [5.74, 6) is -0.284. The van der Waals surface area contributed by atoms with Crippen molar-refractivity contribution in [2.75, 3.05) is 87.8 Å². The number of piperazine rings is 1. The standard InChI is InChI=1S/C30H36FN5O5S/c1-40-28-9-5-2-6-24(28)30(37)33-23-10-11-27(36-16-14-35(15-17-36)26-8-4-3-7-25(26)31)29(22-23)42(38,39)32-12-13-34-18-20-41-21-19-34/h2-11,22,32H,12-21H2,1H3,(H,33,37). The quantitative estimate of drug-likeness (QED) is 0.368. The molecule has 3 aromatic rings. The number of carbonyl (C=O) groups is 1. The lowest BCUT2D eigenvalue weighted by Gasteiger charge is -2.38. The number of methoxy groups -OCH3 is 1. The zero-order valence-electron chi connectivity index (χ0n) is 23.6. The minimum Gasteiger partial charge on any atom is -0.496 e. The second-order valence-corrected chi connectivity index (χ2v) is 11.8. The normalized spacial score (nSPS) is 16.3. The summed E-state index contributed by atoms with van der Waals surface area (Å²) < 4.78 is 55.2. The molecule has 0 bridgehead atoms. The Labute approximate surface area is 246 Å². The van der Waals surface area contributed by atoms with Crippen LogP contribution in [0.25, 0.3) is 0 Å². The van der Waals surface area contributed by atoms with Crippen molar-refractivity contribution < 1.29 is 27.1 Å². The highest BCUT2D eigenvalue weighted by molar-refractivity contribution is 7.89. The molecule has 2 aliphatic rings. The largest absolute Gasteiger partial charge is 0.496 e. The van der Waals surface area contributed by atoms with Crippen molar-refractivity contribution in [3.05, 3.63) is 78.1 Å². The van der Waals surface area contributed by atoms with E-state index in [1.54, 1.807) is 54.6 Å². The fraction of sp³-hybridized carbons (Fsp3) is 0.367. The van der Waals surface area contributed by atoms with Crippen molar-refractivity contribution in [3.8, 4) is 5.75 Å². The number of amides is 1. The molecule has 42 heavy (non-hydrogen) atoms. The first-order valence-corrected chi connectivity index (χ1v) is 15.5. The van der Waals surface area contributed by atoms with Crippen LogP contribution >= 0.6 is 0 Å². The maximum absolute atomic E-state index is 14.4. The third-order valence-corrected chi connectivity index (χ3v) is 8.99. The molecule has 0 spiro atoms. The van der Waals surface area contributed by atoms with Gasteiger partial charge in [0.25, 0.3) is 5.91 Å². The number of ether oxygens (including phenoxy) is 2. The summed E-state index contributed by atoms with van der Waals surface area (Å²) in [6.45, 7) is 5.61. The monoisotopic (exact) mass is 597 g/mol. The molecule has 2 saturated heterocycles. The predicted molar refractivity (Wildman–Crippen MR) is 161 cm³/mol. The van der Waals surface area contributed by atoms with Gasteiger partial charge in [0.05, 0.1) is 37.3 Å². The topological polar surface area (TPSA) is 103 Å². The molecule has 2 fully saturated rings. The lowest BCUT2D eigenvalue weighted by molar-refractivity contribution is 0.0390. The van der Waals surface area contributed by atoms with Gasteiger partial charge in [-0.2, -0.15) is 0 Å². The average molecular weight is 598 g/mol. The van der Waals surface area contributed by atoms with E-state index in [1.807, 2.05) is 9.80 Å². The van der Waals surface area contributed by atoms with Crippen LogP contribution < -0.4 is 24.6 Å². The highest BCUT2D eigenvalue weighted by Crippen LogP contribution is 2.31. The molecular weight excluding hydrogens is 561 g/mol. The molecule has 0 radical (unpaired) electrons. The van der Waals surface area contributed by atoms with Crippen molar-refractivity contribution in [1.82, 2.24) is 9.62 Å². The Morgan fingerprint density at radius 3 is 2.29 bits per heavy atom. The minimum absolute atomic E-state index is 0.0710. The Hall–Kier alpha value is -3.71. The fourth-order valence-electron chi connectivity index (χ4n) is 5.24. The summed E-state index contributed by atoms with van der Waals surface area (Å²) in [4.78, 5) is 19.2. The number of para-hydroxylation sites is 2. The van der Waals surface area contributed by atoms with E-state index < -0.39 is 15.9 Å². The molecule has 2 N–H and O–H groups in total. The van der Waals surface area contributed by atoms with Gasteiger partial charge in [-0.25, -0.2) is 17.5 Å². The third-order valence-electron chi connectivity index (χ3n) is 7.50. The van der Waals surface area contributed by atoms with Gasteiger partial charge in [0.1, 0.15) is 16.5 Å². The Bertz CT molecular complexity index is 1490. The van der Waals surface area contributed by atoms with Crippen LogP contribution in [0.1, 0.15) is 10.4 Å². The maximum atomic E-state index is 14.4. The molecule has 0 saturated carbocycles. The van der Waals surface area contributed by atoms with Gasteiger partial charge < -0.3 is 24.6 Å². The molecule has 0 aliphatic carbocycles. The summed E-state index contributed by atoms with van der Waals surface area (Å²) in [6.07, 6.45) is 0. The second-order valence-electron chi connectivity index (χ2n) is 10.1. The van der Waals surface area contributed by atoms with Crippen molar-refractivity contribution in [3.63, 3.8) is 0 Å². The molecule has 12 heteroatoms. The Kier molecular flexibility index (Phi) is 9.58. The smallest absolute Gasteiger partial charge is 0.259 e. The number of benzene rings is 3. The van der Waals surface area contributed by atoms with Crippen LogP contribution in [0.3, 0.4) is 0 Å². The third kappa shape index (κ3) is 7.01. The summed E-state index contributed by atoms with van der Waals surface area (Å²) in [7, 11) is -2.46. The van der Waals surface area contributed by atoms with Gasteiger partial charge in [-0.3, -0.25) is 9.69 Å². The summed E-state index contributed by atoms with van der Waals surface area (Å²) in [5, 5.41) is 2.82. The van der Waals surface area contributed by atoms with E-state index in [2.05, 4.69) is 14.9 Å². The Balaban J connectivity index is 1.37. The highest BCUT2D eigenvalue weighted by Gasteiger charge is 2.27. The van der Waals surface area contributed by atoms with Crippen molar-refractivity contribution in [1.29, 1.82) is 0 Å². The van der Waals surface area contributed by atoms with E-state index in [9.17, 15) is 17.6 Å². The molecular formula is C30H36FN5O5S. The maximum Gasteiger partial charge on any atom is 0.259 e. The van der Waals surface area contributed by atoms with Crippen molar-refractivity contribution >= 4 is 33.0 Å². The summed E-state index contributed by atoms with van der Waals surface area (Å²) in [5.41, 5.74) is 1.73. The van der Waals surface area contributed by atoms with Gasteiger partial charge >= 0.3 is 0 Å². The second kappa shape index (κ2) is 13.5. The lowest BCUT2D eigenvalue weighted by atomic mass is 10.1. The Morgan fingerprint density at radius 2 is 1.57 bits per heavy atom. The SMILES string of the molecule is COc1ccccc1C(=O)Nc1ccc(N2CCN(c3ccccc3F)CC2)c(S(=O)(=O)NCCN2CCOCC2)c1. The van der Waals surface area contributed by atoms with E-state index in [0.29, 0.717) is 74.3 Å². The fourth-order valence-corrected chi connectivity index (χ4v) is 6.51. The lowest BCUT2D eigenvalue weighted by Crippen LogP contribution is -2.47. The molecule has 10 nitrogen and oxygen atoms in total. The van der Waals surface area contributed by atoms with Crippen LogP contribution in [0.5, 0.6) is 5.75 Å². The van der Waals surface area contributed by atoms with Gasteiger partial charge in [0.15, 0.2) is 0 Å². The summed E-state index contributed by atoms with van der Waals surface area (Å²) in [6, 6.07) is 18.4. The van der Waals surface area contributed by atoms with Gasteiger partial charge in [0, 0.05) is 58.0 Å². The molecule has 2 aliphatic heterocycles. The van der Waals surface area contributed by atoms with Gasteiger partial charge in [0.2, 0.25) is 10.0 Å². The zero-order chi connectivity index (χ0) is 29.5. The van der Waals surface area contributed by atoms with E-state index in [4.69, 9.17) is 9.47 Å². The van der Waals surface area contributed by atoms with Crippen LogP contribution in [-0.4, -0.2) is 91.9 Å². The van der Waals surface area contributed by atoms with Gasteiger partial charge in [-0.05, 0) is 42.5 Å². The minimum atomic E-state index is -3.95. The summed E-state index contributed by atoms with van der Waals surface area (Å²) >= 11 is 0. The molecule has 0 atom stereocenters. The number of anilines is 3. The molecule has 3 aromatic carbocycles. The number of hydrogen-bond acceptors (Lipinski definition) is 8. The number of carbonyl (C=O) groups excluding carboxylic acids is 1. The van der Waals surface area contributed by atoms with E-state index in [0.717, 1.165) is 13.1 Å². The number of nitrogens with zero attached hydrogens (tertiary/aromatic N) is 3. The van der Waals surface area contributed by atoms with Crippen molar-refractivity contribution in [2.45, 2.75) is 4.90 Å². The number of morpholine rings is 1. The number of sulfonamides is 1. The van der Waals surface area contributed by atoms with E-state index in [-0.39, 0.29) is 17.3 Å². The molecule has 0 unspecified atom stereocenters. The van der Waals surface area contributed by atoms with Crippen LogP contribution in [0.4, 0.5) is 21.5 Å². The average Bonchev–Trinajstić information content (AvgIpc) is 3.02. The highest BCUT2D eigenvalue weighted by atomic mass is 32.2. The number of rotatable bonds is 10. The van der Waals surface area contributed by atoms with Crippen LogP contribution in [0.2, 0.25) is 0 Å². The van der Waals surface area contributed by atoms with Crippen LogP contribution in [-0.2, 0) is 14.8 Å². The molecule has 1 amide bonds. The number of hydrogen-bond donors (Lipinski definition) is 2. The zero-order valence-corrected chi connectivity index (χ0v) is 24.4. The number of halogens is 1.